The molecular weight excluding hydrogens is 198 g/mol. The lowest BCUT2D eigenvalue weighted by Gasteiger charge is -2.12. The molecule has 1 aromatic rings. The van der Waals surface area contributed by atoms with Crippen molar-refractivity contribution >= 4 is 11.6 Å². The van der Waals surface area contributed by atoms with Crippen LogP contribution in [-0.2, 0) is 6.42 Å². The van der Waals surface area contributed by atoms with E-state index >= 15 is 0 Å². The number of aryl methyl sites for hydroxylation is 1. The molecule has 0 fully saturated rings. The van der Waals surface area contributed by atoms with E-state index in [-0.39, 0.29) is 12.6 Å². The van der Waals surface area contributed by atoms with Crippen molar-refractivity contribution in [2.24, 2.45) is 0 Å². The van der Waals surface area contributed by atoms with Crippen LogP contribution in [0.4, 0.5) is 0 Å². The third-order valence-corrected chi connectivity index (χ3v) is 2.72. The van der Waals surface area contributed by atoms with Crippen LogP contribution in [-0.4, -0.2) is 24.8 Å². The average molecular weight is 214 g/mol. The fourth-order valence-electron chi connectivity index (χ4n) is 1.36. The lowest BCUT2D eigenvalue weighted by atomic mass is 10.1. The Morgan fingerprint density at radius 3 is 2.71 bits per heavy atom. The third-order valence-electron chi connectivity index (χ3n) is 2.35. The van der Waals surface area contributed by atoms with E-state index < -0.39 is 0 Å². The van der Waals surface area contributed by atoms with E-state index in [9.17, 15) is 0 Å². The summed E-state index contributed by atoms with van der Waals surface area (Å²) in [5.41, 5.74) is 1.14. The van der Waals surface area contributed by atoms with Gasteiger partial charge in [-0.15, -0.1) is 0 Å². The first kappa shape index (κ1) is 11.5. The zero-order chi connectivity index (χ0) is 10.4. The fraction of sp³-hybridized carbons (Fsp3) is 0.455. The summed E-state index contributed by atoms with van der Waals surface area (Å²) in [7, 11) is 1.85. The molecule has 0 aliphatic carbocycles. The molecule has 2 N–H and O–H groups in total. The van der Waals surface area contributed by atoms with Gasteiger partial charge in [0.25, 0.3) is 0 Å². The Morgan fingerprint density at radius 2 is 2.14 bits per heavy atom. The van der Waals surface area contributed by atoms with Crippen LogP contribution < -0.4 is 5.32 Å². The molecule has 2 nitrogen and oxygen atoms in total. The molecule has 0 aliphatic heterocycles. The molecular formula is C11H16ClNO. The van der Waals surface area contributed by atoms with Gasteiger partial charge < -0.3 is 10.4 Å². The number of hydrogen-bond acceptors (Lipinski definition) is 2. The second kappa shape index (κ2) is 6.02. The summed E-state index contributed by atoms with van der Waals surface area (Å²) in [6, 6.07) is 7.98. The Balaban J connectivity index is 2.49. The van der Waals surface area contributed by atoms with E-state index in [0.29, 0.717) is 0 Å². The summed E-state index contributed by atoms with van der Waals surface area (Å²) < 4.78 is 0. The van der Waals surface area contributed by atoms with Crippen molar-refractivity contribution in [2.75, 3.05) is 13.7 Å². The van der Waals surface area contributed by atoms with Gasteiger partial charge in [0.15, 0.2) is 0 Å². The standard InChI is InChI=1S/C11H16ClNO/c1-13-10(8-14)7-6-9-4-2-3-5-11(9)12/h2-5,10,13-14H,6-8H2,1H3. The smallest absolute Gasteiger partial charge is 0.0584 e. The monoisotopic (exact) mass is 213 g/mol. The predicted molar refractivity (Wildman–Crippen MR) is 59.7 cm³/mol. The lowest BCUT2D eigenvalue weighted by molar-refractivity contribution is 0.242. The van der Waals surface area contributed by atoms with Crippen LogP contribution >= 0.6 is 11.6 Å². The normalized spacial score (nSPS) is 12.8. The van der Waals surface area contributed by atoms with Crippen LogP contribution in [0.5, 0.6) is 0 Å². The van der Waals surface area contributed by atoms with Gasteiger partial charge in [-0.1, -0.05) is 29.8 Å². The number of hydrogen-bond donors (Lipinski definition) is 2. The van der Waals surface area contributed by atoms with E-state index in [1.54, 1.807) is 0 Å². The van der Waals surface area contributed by atoms with Gasteiger partial charge in [0.2, 0.25) is 0 Å². The van der Waals surface area contributed by atoms with Gasteiger partial charge in [-0.2, -0.15) is 0 Å². The Bertz CT molecular complexity index is 274. The summed E-state index contributed by atoms with van der Waals surface area (Å²) in [4.78, 5) is 0. The van der Waals surface area contributed by atoms with Crippen molar-refractivity contribution in [2.45, 2.75) is 18.9 Å². The number of halogens is 1. The van der Waals surface area contributed by atoms with Gasteiger partial charge in [-0.25, -0.2) is 0 Å². The summed E-state index contributed by atoms with van der Waals surface area (Å²) in [6.07, 6.45) is 1.79. The van der Waals surface area contributed by atoms with Crippen LogP contribution in [0.3, 0.4) is 0 Å². The van der Waals surface area contributed by atoms with Gasteiger partial charge in [-0.3, -0.25) is 0 Å². The van der Waals surface area contributed by atoms with Gasteiger partial charge in [0.05, 0.1) is 6.61 Å². The number of likely N-dealkylation sites (N-methyl/N-ethyl adjacent to an activating group) is 1. The molecule has 0 radical (unpaired) electrons. The van der Waals surface area contributed by atoms with E-state index in [4.69, 9.17) is 16.7 Å². The van der Waals surface area contributed by atoms with Crippen molar-refractivity contribution in [1.29, 1.82) is 0 Å². The molecule has 1 atom stereocenters. The SMILES string of the molecule is CNC(CO)CCc1ccccc1Cl. The highest BCUT2D eigenvalue weighted by Crippen LogP contribution is 2.16. The first-order valence-electron chi connectivity index (χ1n) is 4.79. The molecule has 3 heteroatoms. The molecule has 0 aromatic heterocycles. The number of aliphatic hydroxyl groups is 1. The maximum atomic E-state index is 8.98. The molecule has 0 amide bonds. The maximum absolute atomic E-state index is 8.98. The van der Waals surface area contributed by atoms with Gasteiger partial charge in [-0.05, 0) is 31.5 Å². The molecule has 0 heterocycles. The van der Waals surface area contributed by atoms with E-state index in [0.717, 1.165) is 23.4 Å². The Hall–Kier alpha value is -0.570. The summed E-state index contributed by atoms with van der Waals surface area (Å²) in [6.45, 7) is 0.168. The molecule has 0 saturated heterocycles. The minimum atomic E-state index is 0.159. The minimum Gasteiger partial charge on any atom is -0.395 e. The highest BCUT2D eigenvalue weighted by molar-refractivity contribution is 6.31. The molecule has 1 aromatic carbocycles. The minimum absolute atomic E-state index is 0.159. The van der Waals surface area contributed by atoms with Gasteiger partial charge >= 0.3 is 0 Å². The van der Waals surface area contributed by atoms with Crippen molar-refractivity contribution in [3.63, 3.8) is 0 Å². The number of nitrogens with one attached hydrogen (secondary N) is 1. The molecule has 0 bridgehead atoms. The van der Waals surface area contributed by atoms with E-state index in [2.05, 4.69) is 5.32 Å². The molecule has 1 rings (SSSR count). The van der Waals surface area contributed by atoms with Crippen LogP contribution in [0.25, 0.3) is 0 Å². The van der Waals surface area contributed by atoms with Crippen LogP contribution in [0.1, 0.15) is 12.0 Å². The van der Waals surface area contributed by atoms with Crippen molar-refractivity contribution in [1.82, 2.24) is 5.32 Å². The molecule has 0 saturated carbocycles. The average Bonchev–Trinajstić information content (AvgIpc) is 2.22. The highest BCUT2D eigenvalue weighted by atomic mass is 35.5. The van der Waals surface area contributed by atoms with Crippen LogP contribution in [0.15, 0.2) is 24.3 Å². The van der Waals surface area contributed by atoms with Crippen molar-refractivity contribution in [3.05, 3.63) is 34.9 Å². The number of aliphatic hydroxyl groups excluding tert-OH is 1. The largest absolute Gasteiger partial charge is 0.395 e. The topological polar surface area (TPSA) is 32.3 Å². The van der Waals surface area contributed by atoms with Crippen molar-refractivity contribution in [3.8, 4) is 0 Å². The molecule has 0 spiro atoms. The zero-order valence-electron chi connectivity index (χ0n) is 8.33. The van der Waals surface area contributed by atoms with Crippen molar-refractivity contribution < 1.29 is 5.11 Å². The summed E-state index contributed by atoms with van der Waals surface area (Å²) in [5.74, 6) is 0. The zero-order valence-corrected chi connectivity index (χ0v) is 9.09. The Morgan fingerprint density at radius 1 is 1.43 bits per heavy atom. The first-order chi connectivity index (χ1) is 6.77. The second-order valence-electron chi connectivity index (χ2n) is 3.30. The predicted octanol–water partition coefficient (Wildman–Crippen LogP) is 1.85. The second-order valence-corrected chi connectivity index (χ2v) is 3.71. The molecule has 0 aliphatic rings. The Labute approximate surface area is 89.9 Å². The van der Waals surface area contributed by atoms with Gasteiger partial charge in [0.1, 0.15) is 0 Å². The number of rotatable bonds is 5. The number of benzene rings is 1. The highest BCUT2D eigenvalue weighted by Gasteiger charge is 2.05. The molecule has 1 unspecified atom stereocenters. The fourth-order valence-corrected chi connectivity index (χ4v) is 1.59. The Kier molecular flexibility index (Phi) is 4.94. The quantitative estimate of drug-likeness (QED) is 0.783. The lowest BCUT2D eigenvalue weighted by Crippen LogP contribution is -2.29. The van der Waals surface area contributed by atoms with E-state index in [1.165, 1.54) is 0 Å². The summed E-state index contributed by atoms with van der Waals surface area (Å²) in [5, 5.41) is 12.8. The van der Waals surface area contributed by atoms with Gasteiger partial charge in [0, 0.05) is 11.1 Å². The summed E-state index contributed by atoms with van der Waals surface area (Å²) >= 11 is 6.01. The third kappa shape index (κ3) is 3.29. The maximum Gasteiger partial charge on any atom is 0.0584 e. The first-order valence-corrected chi connectivity index (χ1v) is 5.17. The van der Waals surface area contributed by atoms with Crippen LogP contribution in [0, 0.1) is 0 Å². The molecule has 14 heavy (non-hydrogen) atoms. The van der Waals surface area contributed by atoms with Crippen LogP contribution in [0.2, 0.25) is 5.02 Å². The molecule has 78 valence electrons. The van der Waals surface area contributed by atoms with E-state index in [1.807, 2.05) is 31.3 Å².